The van der Waals surface area contributed by atoms with Crippen molar-refractivity contribution in [3.05, 3.63) is 46.2 Å². The first kappa shape index (κ1) is 22.9. The van der Waals surface area contributed by atoms with Crippen LogP contribution in [0, 0.1) is 12.8 Å². The Hall–Kier alpha value is -3.24. The van der Waals surface area contributed by atoms with Crippen molar-refractivity contribution in [3.8, 4) is 16.3 Å². The molecule has 172 valence electrons. The molecule has 0 radical (unpaired) electrons. The van der Waals surface area contributed by atoms with Gasteiger partial charge in [-0.25, -0.2) is 4.98 Å². The molecule has 1 fully saturated rings. The average Bonchev–Trinajstić information content (AvgIpc) is 3.51. The van der Waals surface area contributed by atoms with Crippen molar-refractivity contribution in [1.29, 1.82) is 0 Å². The highest BCUT2D eigenvalue weighted by atomic mass is 32.1. The number of thiophene rings is 1. The highest BCUT2D eigenvalue weighted by molar-refractivity contribution is 7.18. The van der Waals surface area contributed by atoms with Gasteiger partial charge in [-0.05, 0) is 43.3 Å². The Kier molecular flexibility index (Phi) is 6.75. The van der Waals surface area contributed by atoms with Gasteiger partial charge in [0.2, 0.25) is 17.7 Å². The molecule has 4 rings (SSSR count). The van der Waals surface area contributed by atoms with Crippen LogP contribution in [0.15, 0.2) is 36.4 Å². The minimum atomic E-state index is -0.446. The number of aromatic nitrogens is 1. The van der Waals surface area contributed by atoms with E-state index >= 15 is 0 Å². The Morgan fingerprint density at radius 1 is 1.18 bits per heavy atom. The normalized spacial score (nSPS) is 15.5. The molecule has 1 aliphatic heterocycles. The maximum absolute atomic E-state index is 12.9. The van der Waals surface area contributed by atoms with E-state index in [2.05, 4.69) is 15.6 Å². The van der Waals surface area contributed by atoms with Gasteiger partial charge in [-0.15, -0.1) is 22.7 Å². The van der Waals surface area contributed by atoms with Crippen molar-refractivity contribution < 1.29 is 19.1 Å². The fourth-order valence-electron chi connectivity index (χ4n) is 3.59. The number of thiazole rings is 1. The van der Waals surface area contributed by atoms with Crippen molar-refractivity contribution in [2.75, 3.05) is 23.9 Å². The summed E-state index contributed by atoms with van der Waals surface area (Å²) in [6, 6.07) is 11.1. The van der Waals surface area contributed by atoms with E-state index in [0.29, 0.717) is 24.0 Å². The standard InChI is InChI=1S/C23H24N4O4S2/c1-13-21(19-9-8-18(33-19)11-24-14(2)28)25-23(32-13)26-22(30)15-10-20(29)27(12-15)16-4-6-17(31-3)7-5-16/h4-9,15H,10-12H2,1-3H3,(H,24,28)(H,25,26,30). The minimum absolute atomic E-state index is 0.0734. The number of amides is 3. The first-order valence-electron chi connectivity index (χ1n) is 10.4. The number of hydrogen-bond acceptors (Lipinski definition) is 7. The number of nitrogens with one attached hydrogen (secondary N) is 2. The molecule has 2 aromatic heterocycles. The topological polar surface area (TPSA) is 101 Å². The molecule has 1 atom stereocenters. The molecule has 3 amide bonds. The Labute approximate surface area is 199 Å². The molecule has 0 aliphatic carbocycles. The van der Waals surface area contributed by atoms with Gasteiger partial charge in [0.15, 0.2) is 5.13 Å². The molecule has 0 bridgehead atoms. The van der Waals surface area contributed by atoms with Crippen LogP contribution < -0.4 is 20.3 Å². The molecule has 0 saturated carbocycles. The second kappa shape index (κ2) is 9.72. The van der Waals surface area contributed by atoms with E-state index in [4.69, 9.17) is 4.74 Å². The van der Waals surface area contributed by atoms with E-state index in [1.807, 2.05) is 31.2 Å². The van der Waals surface area contributed by atoms with E-state index < -0.39 is 5.92 Å². The zero-order chi connectivity index (χ0) is 23.5. The summed E-state index contributed by atoms with van der Waals surface area (Å²) in [4.78, 5) is 45.7. The van der Waals surface area contributed by atoms with Gasteiger partial charge in [-0.1, -0.05) is 0 Å². The Morgan fingerprint density at radius 3 is 2.64 bits per heavy atom. The fourth-order valence-corrected chi connectivity index (χ4v) is 5.48. The average molecular weight is 485 g/mol. The van der Waals surface area contributed by atoms with Crippen LogP contribution in [0.25, 0.3) is 10.6 Å². The van der Waals surface area contributed by atoms with Gasteiger partial charge in [0.1, 0.15) is 5.75 Å². The number of nitrogens with zero attached hydrogens (tertiary/aromatic N) is 2. The third kappa shape index (κ3) is 5.23. The highest BCUT2D eigenvalue weighted by Crippen LogP contribution is 2.35. The zero-order valence-corrected chi connectivity index (χ0v) is 20.1. The lowest BCUT2D eigenvalue weighted by atomic mass is 10.1. The van der Waals surface area contributed by atoms with Crippen LogP contribution in [-0.4, -0.2) is 36.4 Å². The summed E-state index contributed by atoms with van der Waals surface area (Å²) in [5.41, 5.74) is 1.56. The Morgan fingerprint density at radius 2 is 1.94 bits per heavy atom. The molecule has 1 aliphatic rings. The lowest BCUT2D eigenvalue weighted by Gasteiger charge is -2.16. The van der Waals surface area contributed by atoms with E-state index in [1.54, 1.807) is 35.5 Å². The van der Waals surface area contributed by atoms with Gasteiger partial charge >= 0.3 is 0 Å². The third-order valence-corrected chi connectivity index (χ3v) is 7.29. The van der Waals surface area contributed by atoms with Gasteiger partial charge in [-0.3, -0.25) is 14.4 Å². The first-order valence-corrected chi connectivity index (χ1v) is 12.0. The van der Waals surface area contributed by atoms with Gasteiger partial charge in [0.05, 0.1) is 30.1 Å². The second-order valence-electron chi connectivity index (χ2n) is 7.69. The number of carbonyl (C=O) groups excluding carboxylic acids is 3. The van der Waals surface area contributed by atoms with Crippen molar-refractivity contribution >= 4 is 51.2 Å². The molecule has 0 spiro atoms. The van der Waals surface area contributed by atoms with E-state index in [9.17, 15) is 14.4 Å². The molecule has 8 nitrogen and oxygen atoms in total. The summed E-state index contributed by atoms with van der Waals surface area (Å²) in [6.07, 6.45) is 0.159. The number of rotatable bonds is 7. The van der Waals surface area contributed by atoms with Crippen molar-refractivity contribution in [2.24, 2.45) is 5.92 Å². The quantitative estimate of drug-likeness (QED) is 0.531. The molecular weight excluding hydrogens is 460 g/mol. The summed E-state index contributed by atoms with van der Waals surface area (Å²) in [6.45, 7) is 4.25. The zero-order valence-electron chi connectivity index (χ0n) is 18.5. The van der Waals surface area contributed by atoms with Gasteiger partial charge < -0.3 is 20.3 Å². The smallest absolute Gasteiger partial charge is 0.231 e. The summed E-state index contributed by atoms with van der Waals surface area (Å²) in [7, 11) is 1.59. The van der Waals surface area contributed by atoms with Gasteiger partial charge in [0.25, 0.3) is 0 Å². The number of aryl methyl sites for hydroxylation is 1. The molecule has 1 unspecified atom stereocenters. The number of benzene rings is 1. The predicted molar refractivity (Wildman–Crippen MR) is 130 cm³/mol. The maximum atomic E-state index is 12.9. The van der Waals surface area contributed by atoms with Crippen LogP contribution in [0.2, 0.25) is 0 Å². The number of methoxy groups -OCH3 is 1. The number of hydrogen-bond donors (Lipinski definition) is 2. The van der Waals surface area contributed by atoms with Crippen LogP contribution in [0.5, 0.6) is 5.75 Å². The first-order chi connectivity index (χ1) is 15.8. The van der Waals surface area contributed by atoms with Gasteiger partial charge in [0, 0.05) is 35.3 Å². The summed E-state index contributed by atoms with van der Waals surface area (Å²) < 4.78 is 5.16. The number of ether oxygens (including phenoxy) is 1. The molecule has 33 heavy (non-hydrogen) atoms. The van der Waals surface area contributed by atoms with E-state index in [0.717, 1.165) is 26.0 Å². The SMILES string of the molecule is COc1ccc(N2CC(C(=O)Nc3nc(-c4ccc(CNC(C)=O)s4)c(C)s3)CC2=O)cc1. The molecule has 1 aromatic carbocycles. The molecule has 2 N–H and O–H groups in total. The molecule has 3 heterocycles. The number of anilines is 2. The fraction of sp³-hybridized carbons (Fsp3) is 0.304. The van der Waals surface area contributed by atoms with Crippen molar-refractivity contribution in [3.63, 3.8) is 0 Å². The molecular formula is C23H24N4O4S2. The molecule has 3 aromatic rings. The second-order valence-corrected chi connectivity index (χ2v) is 10.1. The van der Waals surface area contributed by atoms with Gasteiger partial charge in [-0.2, -0.15) is 0 Å². The lowest BCUT2D eigenvalue weighted by Crippen LogP contribution is -2.28. The highest BCUT2D eigenvalue weighted by Gasteiger charge is 2.35. The van der Waals surface area contributed by atoms with Crippen molar-refractivity contribution in [2.45, 2.75) is 26.8 Å². The Balaban J connectivity index is 1.41. The monoisotopic (exact) mass is 484 g/mol. The lowest BCUT2D eigenvalue weighted by molar-refractivity contribution is -0.122. The molecule has 1 saturated heterocycles. The minimum Gasteiger partial charge on any atom is -0.497 e. The summed E-state index contributed by atoms with van der Waals surface area (Å²) in [5, 5.41) is 6.19. The van der Waals surface area contributed by atoms with Crippen LogP contribution in [0.3, 0.4) is 0 Å². The summed E-state index contributed by atoms with van der Waals surface area (Å²) >= 11 is 2.96. The third-order valence-electron chi connectivity index (χ3n) is 5.31. The maximum Gasteiger partial charge on any atom is 0.231 e. The van der Waals surface area contributed by atoms with Crippen LogP contribution >= 0.6 is 22.7 Å². The van der Waals surface area contributed by atoms with Crippen LogP contribution in [0.1, 0.15) is 23.1 Å². The van der Waals surface area contributed by atoms with Crippen molar-refractivity contribution in [1.82, 2.24) is 10.3 Å². The number of carbonyl (C=O) groups is 3. The van der Waals surface area contributed by atoms with E-state index in [-0.39, 0.29) is 24.1 Å². The van der Waals surface area contributed by atoms with Crippen LogP contribution in [-0.2, 0) is 20.9 Å². The van der Waals surface area contributed by atoms with Crippen LogP contribution in [0.4, 0.5) is 10.8 Å². The summed E-state index contributed by atoms with van der Waals surface area (Å²) in [5.74, 6) is -0.101. The molecule has 10 heteroatoms. The Bertz CT molecular complexity index is 1190. The predicted octanol–water partition coefficient (Wildman–Crippen LogP) is 3.82. The van der Waals surface area contributed by atoms with E-state index in [1.165, 1.54) is 18.3 Å². The largest absolute Gasteiger partial charge is 0.497 e.